The summed E-state index contributed by atoms with van der Waals surface area (Å²) in [4.78, 5) is 7.17. The molecule has 0 N–H and O–H groups in total. The minimum atomic E-state index is 0.0368. The largest absolute Gasteiger partial charge is 0.350 e. The third-order valence-electron chi connectivity index (χ3n) is 4.52. The maximum Gasteiger partial charge on any atom is 0.160 e. The fourth-order valence-electron chi connectivity index (χ4n) is 3.35. The molecule has 0 bridgehead atoms. The van der Waals surface area contributed by atoms with Gasteiger partial charge in [-0.05, 0) is 54.0 Å². The molecule has 2 saturated heterocycles. The predicted octanol–water partition coefficient (Wildman–Crippen LogP) is 2.68. The van der Waals surface area contributed by atoms with Gasteiger partial charge in [-0.25, -0.2) is 4.98 Å². The van der Waals surface area contributed by atoms with Crippen LogP contribution in [0.15, 0.2) is 29.0 Å². The van der Waals surface area contributed by atoms with Crippen LogP contribution in [0, 0.1) is 5.92 Å². The number of imidazole rings is 1. The van der Waals surface area contributed by atoms with Crippen molar-refractivity contribution in [2.75, 3.05) is 26.3 Å². The molecule has 2 fully saturated rings. The van der Waals surface area contributed by atoms with E-state index in [2.05, 4.69) is 31.4 Å². The summed E-state index contributed by atoms with van der Waals surface area (Å²) in [6.45, 7) is 4.60. The molecule has 0 radical (unpaired) electrons. The van der Waals surface area contributed by atoms with Gasteiger partial charge in [0, 0.05) is 29.3 Å². The number of hydrogen-bond donors (Lipinski definition) is 0. The molecule has 5 nitrogen and oxygen atoms in total. The van der Waals surface area contributed by atoms with E-state index in [0.717, 1.165) is 61.5 Å². The molecule has 2 aliphatic rings. The van der Waals surface area contributed by atoms with Crippen molar-refractivity contribution in [3.63, 3.8) is 0 Å². The molecule has 2 aromatic heterocycles. The topological polar surface area (TPSA) is 39.0 Å². The highest BCUT2D eigenvalue weighted by atomic mass is 79.9. The van der Waals surface area contributed by atoms with Crippen LogP contribution in [-0.2, 0) is 16.0 Å². The Labute approximate surface area is 138 Å². The molecule has 0 aliphatic carbocycles. The smallest absolute Gasteiger partial charge is 0.160 e. The fraction of sp³-hybridized carbons (Fsp3) is 0.562. The molecule has 0 aromatic carbocycles. The lowest BCUT2D eigenvalue weighted by atomic mass is 9.96. The first kappa shape index (κ1) is 14.6. The molecule has 4 rings (SSSR count). The molecule has 2 aromatic rings. The molecule has 118 valence electrons. The number of hydrogen-bond acceptors (Lipinski definition) is 4. The van der Waals surface area contributed by atoms with E-state index in [1.165, 1.54) is 0 Å². The van der Waals surface area contributed by atoms with Crippen LogP contribution in [0.3, 0.4) is 0 Å². The second-order valence-electron chi connectivity index (χ2n) is 6.07. The van der Waals surface area contributed by atoms with Gasteiger partial charge in [0.05, 0.1) is 18.9 Å². The average molecular weight is 366 g/mol. The van der Waals surface area contributed by atoms with E-state index in [-0.39, 0.29) is 6.29 Å². The highest BCUT2D eigenvalue weighted by Crippen LogP contribution is 2.26. The van der Waals surface area contributed by atoms with Crippen LogP contribution in [0.2, 0.25) is 0 Å². The zero-order chi connectivity index (χ0) is 14.9. The normalized spacial score (nSPS) is 21.9. The molecular formula is C16H20BrN3O2. The maximum absolute atomic E-state index is 5.64. The van der Waals surface area contributed by atoms with E-state index >= 15 is 0 Å². The maximum atomic E-state index is 5.64. The van der Waals surface area contributed by atoms with Crippen LogP contribution in [0.5, 0.6) is 0 Å². The van der Waals surface area contributed by atoms with E-state index in [1.807, 2.05) is 18.3 Å². The van der Waals surface area contributed by atoms with Gasteiger partial charge in [-0.15, -0.1) is 0 Å². The van der Waals surface area contributed by atoms with Crippen molar-refractivity contribution in [3.8, 4) is 0 Å². The average Bonchev–Trinajstić information content (AvgIpc) is 3.16. The van der Waals surface area contributed by atoms with Gasteiger partial charge in [0.1, 0.15) is 5.65 Å². The van der Waals surface area contributed by atoms with E-state index in [0.29, 0.717) is 5.92 Å². The van der Waals surface area contributed by atoms with Crippen LogP contribution in [0.25, 0.3) is 5.65 Å². The Hall–Kier alpha value is -0.950. The monoisotopic (exact) mass is 365 g/mol. The number of rotatable bonds is 3. The Balaban J connectivity index is 1.37. The minimum absolute atomic E-state index is 0.0368. The number of piperidine rings is 1. The SMILES string of the molecule is Brc1ccc2nc(CN3CCC(C4OCCO4)CC3)cn2c1. The predicted molar refractivity (Wildman–Crippen MR) is 86.6 cm³/mol. The molecule has 4 heterocycles. The number of ether oxygens (including phenoxy) is 2. The lowest BCUT2D eigenvalue weighted by Crippen LogP contribution is -2.37. The van der Waals surface area contributed by atoms with Crippen molar-refractivity contribution in [1.29, 1.82) is 0 Å². The quantitative estimate of drug-likeness (QED) is 0.838. The zero-order valence-corrected chi connectivity index (χ0v) is 14.0. The van der Waals surface area contributed by atoms with Crippen LogP contribution < -0.4 is 0 Å². The standard InChI is InChI=1S/C16H20BrN3O2/c17-13-1-2-15-18-14(11-20(15)9-13)10-19-5-3-12(4-6-19)16-21-7-8-22-16/h1-2,9,11-12,16H,3-8,10H2. The van der Waals surface area contributed by atoms with E-state index < -0.39 is 0 Å². The zero-order valence-electron chi connectivity index (χ0n) is 12.4. The molecular weight excluding hydrogens is 346 g/mol. The Morgan fingerprint density at radius 1 is 1.14 bits per heavy atom. The van der Waals surface area contributed by atoms with Gasteiger partial charge in [0.25, 0.3) is 0 Å². The van der Waals surface area contributed by atoms with E-state index in [4.69, 9.17) is 14.5 Å². The number of nitrogens with zero attached hydrogens (tertiary/aromatic N) is 3. The van der Waals surface area contributed by atoms with Gasteiger partial charge in [0.15, 0.2) is 6.29 Å². The van der Waals surface area contributed by atoms with Gasteiger partial charge in [-0.3, -0.25) is 4.90 Å². The Morgan fingerprint density at radius 2 is 1.91 bits per heavy atom. The Bertz CT molecular complexity index is 646. The lowest BCUT2D eigenvalue weighted by Gasteiger charge is -2.33. The number of aromatic nitrogens is 2. The second kappa shape index (κ2) is 6.28. The summed E-state index contributed by atoms with van der Waals surface area (Å²) in [5, 5.41) is 0. The highest BCUT2D eigenvalue weighted by molar-refractivity contribution is 9.10. The van der Waals surface area contributed by atoms with Crippen LogP contribution in [-0.4, -0.2) is 46.9 Å². The summed E-state index contributed by atoms with van der Waals surface area (Å²) in [5.41, 5.74) is 2.13. The fourth-order valence-corrected chi connectivity index (χ4v) is 3.71. The van der Waals surface area contributed by atoms with Gasteiger partial charge < -0.3 is 13.9 Å². The van der Waals surface area contributed by atoms with Crippen molar-refractivity contribution in [2.24, 2.45) is 5.92 Å². The van der Waals surface area contributed by atoms with Crippen molar-refractivity contribution < 1.29 is 9.47 Å². The summed E-state index contributed by atoms with van der Waals surface area (Å²) in [7, 11) is 0. The van der Waals surface area contributed by atoms with E-state index in [9.17, 15) is 0 Å². The number of likely N-dealkylation sites (tertiary alicyclic amines) is 1. The minimum Gasteiger partial charge on any atom is -0.350 e. The first-order chi connectivity index (χ1) is 10.8. The second-order valence-corrected chi connectivity index (χ2v) is 6.98. The summed E-state index contributed by atoms with van der Waals surface area (Å²) >= 11 is 3.50. The molecule has 0 spiro atoms. The molecule has 0 amide bonds. The third-order valence-corrected chi connectivity index (χ3v) is 4.98. The molecule has 0 unspecified atom stereocenters. The van der Waals surface area contributed by atoms with Crippen molar-refractivity contribution in [2.45, 2.75) is 25.7 Å². The number of pyridine rings is 1. The summed E-state index contributed by atoms with van der Waals surface area (Å²) < 4.78 is 14.4. The molecule has 0 atom stereocenters. The van der Waals surface area contributed by atoms with Gasteiger partial charge >= 0.3 is 0 Å². The summed E-state index contributed by atoms with van der Waals surface area (Å²) in [6, 6.07) is 4.06. The highest BCUT2D eigenvalue weighted by Gasteiger charge is 2.30. The van der Waals surface area contributed by atoms with Crippen LogP contribution in [0.4, 0.5) is 0 Å². The van der Waals surface area contributed by atoms with Crippen molar-refractivity contribution in [3.05, 3.63) is 34.7 Å². The molecule has 22 heavy (non-hydrogen) atoms. The van der Waals surface area contributed by atoms with Gasteiger partial charge in [-0.2, -0.15) is 0 Å². The Morgan fingerprint density at radius 3 is 2.68 bits per heavy atom. The number of halogens is 1. The summed E-state index contributed by atoms with van der Waals surface area (Å²) in [6.07, 6.45) is 6.49. The van der Waals surface area contributed by atoms with Gasteiger partial charge in [0.2, 0.25) is 0 Å². The lowest BCUT2D eigenvalue weighted by molar-refractivity contribution is -0.0978. The van der Waals surface area contributed by atoms with Crippen LogP contribution >= 0.6 is 15.9 Å². The van der Waals surface area contributed by atoms with Crippen molar-refractivity contribution in [1.82, 2.24) is 14.3 Å². The van der Waals surface area contributed by atoms with Crippen LogP contribution in [0.1, 0.15) is 18.5 Å². The molecule has 6 heteroatoms. The molecule has 0 saturated carbocycles. The van der Waals surface area contributed by atoms with E-state index in [1.54, 1.807) is 0 Å². The third kappa shape index (κ3) is 3.06. The van der Waals surface area contributed by atoms with Crippen molar-refractivity contribution >= 4 is 21.6 Å². The number of fused-ring (bicyclic) bond motifs is 1. The van der Waals surface area contributed by atoms with Gasteiger partial charge in [-0.1, -0.05) is 0 Å². The first-order valence-electron chi connectivity index (χ1n) is 7.87. The first-order valence-corrected chi connectivity index (χ1v) is 8.66. The Kier molecular flexibility index (Phi) is 4.17. The summed E-state index contributed by atoms with van der Waals surface area (Å²) in [5.74, 6) is 0.552. The molecule has 2 aliphatic heterocycles.